The van der Waals surface area contributed by atoms with Crippen LogP contribution in [0.25, 0.3) is 11.1 Å². The molecule has 4 aliphatic heterocycles. The fourth-order valence-corrected chi connectivity index (χ4v) is 8.66. The summed E-state index contributed by atoms with van der Waals surface area (Å²) < 4.78 is 13.7. The third kappa shape index (κ3) is 8.40. The minimum atomic E-state index is -0.975. The molecule has 0 radical (unpaired) electrons. The number of halogens is 1. The number of ether oxygens (including phenoxy) is 3. The van der Waals surface area contributed by atoms with Crippen LogP contribution in [-0.4, -0.2) is 63.5 Å². The quantitative estimate of drug-likeness (QED) is 0.181. The van der Waals surface area contributed by atoms with E-state index in [0.29, 0.717) is 41.0 Å². The number of terminal acetylenes is 2. The minimum absolute atomic E-state index is 0. The third-order valence-electron chi connectivity index (χ3n) is 11.3. The monoisotopic (exact) mass is 774 g/mol. The first kappa shape index (κ1) is 39.5. The van der Waals surface area contributed by atoms with Crippen molar-refractivity contribution in [3.8, 4) is 25.1 Å². The molecular weight excluding hydrogens is 720 g/mol. The maximum absolute atomic E-state index is 13.2. The molecule has 6 aliphatic rings. The molecule has 0 bridgehead atoms. The topological polar surface area (TPSA) is 123 Å². The maximum Gasteiger partial charge on any atom is 0.528 e. The summed E-state index contributed by atoms with van der Waals surface area (Å²) in [6.07, 6.45) is 22.7. The molecule has 2 atom stereocenters. The van der Waals surface area contributed by atoms with E-state index in [1.54, 1.807) is 6.11 Å². The van der Waals surface area contributed by atoms with Gasteiger partial charge in [0, 0.05) is 30.4 Å². The molecule has 2 saturated heterocycles. The number of hydrogen-bond acceptors (Lipinski definition) is 8. The highest BCUT2D eigenvalue weighted by Gasteiger charge is 2.45. The minimum Gasteiger partial charge on any atom is -0.509 e. The van der Waals surface area contributed by atoms with Gasteiger partial charge >= 0.3 is 11.6 Å². The van der Waals surface area contributed by atoms with Crippen LogP contribution in [0.1, 0.15) is 126 Å². The van der Waals surface area contributed by atoms with Gasteiger partial charge in [0.05, 0.1) is 23.2 Å². The fraction of sp³-hybridized carbons (Fsp3) is 0.455. The Morgan fingerprint density at radius 1 is 0.709 bits per heavy atom. The van der Waals surface area contributed by atoms with E-state index in [4.69, 9.17) is 11.2 Å². The molecule has 0 spiro atoms. The Morgan fingerprint density at radius 2 is 1.15 bits per heavy atom. The summed E-state index contributed by atoms with van der Waals surface area (Å²) in [5, 5.41) is 10.7. The van der Waals surface area contributed by atoms with Gasteiger partial charge in [0.1, 0.15) is 23.7 Å². The number of nitrogens with zero attached hydrogens (tertiary/aromatic N) is 2. The highest BCUT2D eigenvalue weighted by atomic mass is 35.5. The van der Waals surface area contributed by atoms with Crippen LogP contribution in [0, 0.1) is 52.8 Å². The van der Waals surface area contributed by atoms with Gasteiger partial charge in [0.25, 0.3) is 11.8 Å². The summed E-state index contributed by atoms with van der Waals surface area (Å²) in [4.78, 5) is 51.1. The molecule has 2 aromatic rings. The van der Waals surface area contributed by atoms with Gasteiger partial charge in [-0.25, -0.2) is 9.59 Å². The standard InChI is InChI=1S/C22H23NO4.C19H23NO2.C3HClO2.4H2/c1-4-26-22(25)27-20-17-7-5-6-10-23(17)21(24)19(20)18-13(2)11-16(12-14(18)3)15-8-9-15;1-11-9-14(13-6-7-13)10-12(2)16(11)17-18(21)15-5-3-4-8-20(15)19(17)22;1-2-6-3(4)5;;;;/h1,11-12,15,17H,5-10H2,2-3H3;9-10,13,15,21H,3-8H2,1-2H3;1H;4*1H. The lowest BCUT2D eigenvalue weighted by molar-refractivity contribution is -0.127. The Morgan fingerprint density at radius 3 is 1.56 bits per heavy atom. The van der Waals surface area contributed by atoms with Crippen LogP contribution in [0.3, 0.4) is 0 Å². The lowest BCUT2D eigenvalue weighted by Crippen LogP contribution is -2.40. The van der Waals surface area contributed by atoms with Gasteiger partial charge in [-0.3, -0.25) is 9.59 Å². The maximum atomic E-state index is 13.2. The number of aliphatic hydroxyl groups is 1. The van der Waals surface area contributed by atoms with Crippen molar-refractivity contribution in [3.63, 3.8) is 0 Å². The van der Waals surface area contributed by atoms with E-state index in [0.717, 1.165) is 78.5 Å². The van der Waals surface area contributed by atoms with Gasteiger partial charge in [-0.2, -0.15) is 0 Å². The summed E-state index contributed by atoms with van der Waals surface area (Å²) in [6.45, 7) is 9.61. The Bertz CT molecular complexity index is 2040. The van der Waals surface area contributed by atoms with Crippen molar-refractivity contribution in [2.75, 3.05) is 13.1 Å². The highest BCUT2D eigenvalue weighted by Crippen LogP contribution is 2.46. The Kier molecular flexibility index (Phi) is 12.0. The molecule has 8 rings (SSSR count). The van der Waals surface area contributed by atoms with Crippen LogP contribution in [0.5, 0.6) is 0 Å². The summed E-state index contributed by atoms with van der Waals surface area (Å²) in [7, 11) is 0. The van der Waals surface area contributed by atoms with Crippen LogP contribution in [0.2, 0.25) is 0 Å². The number of carbonyl (C=O) groups excluding carboxylic acids is 4. The van der Waals surface area contributed by atoms with E-state index in [9.17, 15) is 24.3 Å². The van der Waals surface area contributed by atoms with Crippen molar-refractivity contribution in [2.24, 2.45) is 0 Å². The van der Waals surface area contributed by atoms with Crippen LogP contribution >= 0.6 is 11.6 Å². The van der Waals surface area contributed by atoms with E-state index >= 15 is 0 Å². The zero-order valence-corrected chi connectivity index (χ0v) is 32.6. The second-order valence-electron chi connectivity index (χ2n) is 15.2. The van der Waals surface area contributed by atoms with Crippen molar-refractivity contribution in [2.45, 2.75) is 116 Å². The van der Waals surface area contributed by atoms with E-state index in [2.05, 4.69) is 65.6 Å². The van der Waals surface area contributed by atoms with Crippen molar-refractivity contribution in [1.29, 1.82) is 0 Å². The van der Waals surface area contributed by atoms with E-state index in [1.807, 2.05) is 29.8 Å². The molecule has 11 heteroatoms. The van der Waals surface area contributed by atoms with Gasteiger partial charge in [0.15, 0.2) is 0 Å². The molecule has 2 saturated carbocycles. The normalized spacial score (nSPS) is 21.3. The molecular formula is C44H55ClN2O8. The number of hydrogen-bond donors (Lipinski definition) is 1. The van der Waals surface area contributed by atoms with E-state index < -0.39 is 11.6 Å². The Labute approximate surface area is 333 Å². The van der Waals surface area contributed by atoms with Crippen LogP contribution < -0.4 is 0 Å². The van der Waals surface area contributed by atoms with E-state index in [-0.39, 0.29) is 29.6 Å². The zero-order valence-electron chi connectivity index (χ0n) is 31.8. The first-order valence-corrected chi connectivity index (χ1v) is 19.4. The third-order valence-corrected chi connectivity index (χ3v) is 11.3. The SMILES string of the molecule is C#COC(=O)Cl.C#COC(=O)OC1=C(c2c(C)cc(C3CC3)cc2C)C(=O)N2CCCCC12.Cc1cc(C2CC2)cc(C)c1C1=C(O)C2CCCCN2C1=O.[HH].[HH].[HH].[HH]. The smallest absolute Gasteiger partial charge is 0.509 e. The first-order chi connectivity index (χ1) is 26.4. The second kappa shape index (κ2) is 16.7. The number of rotatable bonds is 5. The molecule has 2 unspecified atom stereocenters. The Balaban J connectivity index is 0.000000342. The van der Waals surface area contributed by atoms with Crippen LogP contribution in [0.4, 0.5) is 9.59 Å². The van der Waals surface area contributed by atoms with Crippen molar-refractivity contribution in [1.82, 2.24) is 9.80 Å². The van der Waals surface area contributed by atoms with Gasteiger partial charge in [-0.15, -0.1) is 0 Å². The second-order valence-corrected chi connectivity index (χ2v) is 15.5. The predicted molar refractivity (Wildman–Crippen MR) is 217 cm³/mol. The average Bonchev–Trinajstić information content (AvgIpc) is 4.08. The lowest BCUT2D eigenvalue weighted by atomic mass is 9.91. The van der Waals surface area contributed by atoms with Crippen molar-refractivity contribution >= 4 is 46.1 Å². The molecule has 2 aromatic carbocycles. The number of piperidine rings is 2. The summed E-state index contributed by atoms with van der Waals surface area (Å²) in [6, 6.07) is 8.44. The van der Waals surface area contributed by atoms with Crippen molar-refractivity contribution < 1.29 is 44.2 Å². The molecule has 4 fully saturated rings. The zero-order chi connectivity index (χ0) is 39.6. The molecule has 296 valence electrons. The summed E-state index contributed by atoms with van der Waals surface area (Å²) in [5.74, 6) is 1.97. The number of fused-ring (bicyclic) bond motifs is 2. The molecule has 2 aliphatic carbocycles. The van der Waals surface area contributed by atoms with Crippen molar-refractivity contribution in [3.05, 3.63) is 80.3 Å². The number of carbonyl (C=O) groups is 4. The first-order valence-electron chi connectivity index (χ1n) is 19.0. The molecule has 2 amide bonds. The highest BCUT2D eigenvalue weighted by molar-refractivity contribution is 6.61. The molecule has 0 aromatic heterocycles. The number of aryl methyl sites for hydroxylation is 4. The Hall–Kier alpha value is -5.19. The fourth-order valence-electron chi connectivity index (χ4n) is 8.62. The molecule has 10 nitrogen and oxygen atoms in total. The largest absolute Gasteiger partial charge is 0.528 e. The molecule has 4 heterocycles. The predicted octanol–water partition coefficient (Wildman–Crippen LogP) is 9.81. The number of aliphatic hydroxyl groups excluding tert-OH is 1. The van der Waals surface area contributed by atoms with Gasteiger partial charge in [0.2, 0.25) is 0 Å². The number of benzene rings is 2. The van der Waals surface area contributed by atoms with Crippen LogP contribution in [-0.2, 0) is 23.8 Å². The summed E-state index contributed by atoms with van der Waals surface area (Å²) >= 11 is 4.57. The van der Waals surface area contributed by atoms with Gasteiger partial charge in [-0.1, -0.05) is 37.1 Å². The van der Waals surface area contributed by atoms with E-state index in [1.165, 1.54) is 36.8 Å². The number of amides is 2. The average molecular weight is 775 g/mol. The van der Waals surface area contributed by atoms with Crippen LogP contribution in [0.15, 0.2) is 35.8 Å². The van der Waals surface area contributed by atoms with Gasteiger partial charge < -0.3 is 29.1 Å². The summed E-state index contributed by atoms with van der Waals surface area (Å²) in [5.41, 5.74) is 8.92. The van der Waals surface area contributed by atoms with Gasteiger partial charge in [-0.05, 0) is 148 Å². The lowest BCUT2D eigenvalue weighted by Gasteiger charge is -2.30. The molecule has 1 N–H and O–H groups in total. The molecule has 55 heavy (non-hydrogen) atoms.